The number of carbonyl (C=O) groups is 1. The standard InChI is InChI=1S/C11H11NO2S/c1-7(2)11-9(3-8(5-13)15-11)10-4-12-6-14-10/h3-7H,1-2H3. The lowest BCUT2D eigenvalue weighted by Crippen LogP contribution is -1.84. The fraction of sp³-hybridized carbons (Fsp3) is 0.273. The molecule has 0 N–H and O–H groups in total. The van der Waals surface area contributed by atoms with E-state index < -0.39 is 0 Å². The zero-order valence-corrected chi connectivity index (χ0v) is 9.38. The second-order valence-corrected chi connectivity index (χ2v) is 4.68. The molecule has 15 heavy (non-hydrogen) atoms. The molecule has 0 aromatic carbocycles. The van der Waals surface area contributed by atoms with E-state index in [0.717, 1.165) is 27.4 Å². The Balaban J connectivity index is 2.54. The molecular formula is C11H11NO2S. The van der Waals surface area contributed by atoms with E-state index in [-0.39, 0.29) is 0 Å². The van der Waals surface area contributed by atoms with Gasteiger partial charge in [0.15, 0.2) is 18.4 Å². The molecule has 0 aliphatic rings. The van der Waals surface area contributed by atoms with Crippen LogP contribution in [0.1, 0.15) is 34.3 Å². The van der Waals surface area contributed by atoms with Gasteiger partial charge in [-0.25, -0.2) is 4.98 Å². The summed E-state index contributed by atoms with van der Waals surface area (Å²) >= 11 is 1.51. The number of oxazole rings is 1. The van der Waals surface area contributed by atoms with Crippen LogP contribution in [0, 0.1) is 0 Å². The minimum absolute atomic E-state index is 0.379. The fourth-order valence-electron chi connectivity index (χ4n) is 1.45. The van der Waals surface area contributed by atoms with Gasteiger partial charge in [-0.1, -0.05) is 13.8 Å². The number of aromatic nitrogens is 1. The van der Waals surface area contributed by atoms with Crippen LogP contribution in [0.2, 0.25) is 0 Å². The van der Waals surface area contributed by atoms with E-state index in [2.05, 4.69) is 18.8 Å². The molecule has 2 aromatic heterocycles. The third-order valence-electron chi connectivity index (χ3n) is 2.12. The van der Waals surface area contributed by atoms with E-state index in [0.29, 0.717) is 5.92 Å². The maximum atomic E-state index is 10.7. The number of carbonyl (C=O) groups excluding carboxylic acids is 1. The number of hydrogen-bond acceptors (Lipinski definition) is 4. The summed E-state index contributed by atoms with van der Waals surface area (Å²) in [5.74, 6) is 1.10. The number of rotatable bonds is 3. The van der Waals surface area contributed by atoms with Crippen molar-refractivity contribution in [3.05, 3.63) is 28.4 Å². The van der Waals surface area contributed by atoms with E-state index >= 15 is 0 Å². The van der Waals surface area contributed by atoms with Crippen LogP contribution in [0.25, 0.3) is 11.3 Å². The van der Waals surface area contributed by atoms with Crippen LogP contribution in [-0.2, 0) is 0 Å². The molecule has 0 spiro atoms. The molecule has 0 saturated carbocycles. The first kappa shape index (κ1) is 10.1. The number of hydrogen-bond donors (Lipinski definition) is 0. The molecule has 0 atom stereocenters. The number of thiophene rings is 1. The average molecular weight is 221 g/mol. The Morgan fingerprint density at radius 3 is 2.87 bits per heavy atom. The van der Waals surface area contributed by atoms with E-state index in [4.69, 9.17) is 4.42 Å². The van der Waals surface area contributed by atoms with Crippen molar-refractivity contribution in [2.75, 3.05) is 0 Å². The van der Waals surface area contributed by atoms with Crippen molar-refractivity contribution in [2.45, 2.75) is 19.8 Å². The summed E-state index contributed by atoms with van der Waals surface area (Å²) in [4.78, 5) is 16.5. The van der Waals surface area contributed by atoms with Crippen molar-refractivity contribution in [1.82, 2.24) is 4.98 Å². The molecular weight excluding hydrogens is 210 g/mol. The van der Waals surface area contributed by atoms with Crippen molar-refractivity contribution >= 4 is 17.6 Å². The highest BCUT2D eigenvalue weighted by atomic mass is 32.1. The maximum Gasteiger partial charge on any atom is 0.181 e. The van der Waals surface area contributed by atoms with E-state index in [1.807, 2.05) is 6.07 Å². The normalized spacial score (nSPS) is 10.9. The van der Waals surface area contributed by atoms with Crippen molar-refractivity contribution in [3.8, 4) is 11.3 Å². The molecule has 4 heteroatoms. The first-order chi connectivity index (χ1) is 7.22. The minimum Gasteiger partial charge on any atom is -0.443 e. The summed E-state index contributed by atoms with van der Waals surface area (Å²) in [7, 11) is 0. The molecule has 0 aliphatic carbocycles. The van der Waals surface area contributed by atoms with Gasteiger partial charge in [-0.15, -0.1) is 11.3 Å². The quantitative estimate of drug-likeness (QED) is 0.746. The minimum atomic E-state index is 0.379. The van der Waals surface area contributed by atoms with Gasteiger partial charge in [-0.05, 0) is 12.0 Å². The Hall–Kier alpha value is -1.42. The van der Waals surface area contributed by atoms with Gasteiger partial charge >= 0.3 is 0 Å². The first-order valence-corrected chi connectivity index (χ1v) is 5.51. The van der Waals surface area contributed by atoms with Crippen molar-refractivity contribution < 1.29 is 9.21 Å². The summed E-state index contributed by atoms with van der Waals surface area (Å²) in [5, 5.41) is 0. The first-order valence-electron chi connectivity index (χ1n) is 4.70. The Morgan fingerprint density at radius 2 is 2.33 bits per heavy atom. The summed E-state index contributed by atoms with van der Waals surface area (Å²) < 4.78 is 5.25. The third-order valence-corrected chi connectivity index (χ3v) is 3.48. The highest BCUT2D eigenvalue weighted by Crippen LogP contribution is 2.35. The Labute approximate surface area is 91.8 Å². The molecule has 0 radical (unpaired) electrons. The lowest BCUT2D eigenvalue weighted by Gasteiger charge is -2.03. The van der Waals surface area contributed by atoms with Gasteiger partial charge in [0.2, 0.25) is 0 Å². The van der Waals surface area contributed by atoms with Crippen molar-refractivity contribution in [1.29, 1.82) is 0 Å². The van der Waals surface area contributed by atoms with Crippen LogP contribution in [0.3, 0.4) is 0 Å². The van der Waals surface area contributed by atoms with Crippen molar-refractivity contribution in [2.24, 2.45) is 0 Å². The highest BCUT2D eigenvalue weighted by Gasteiger charge is 2.15. The second kappa shape index (κ2) is 3.98. The summed E-state index contributed by atoms with van der Waals surface area (Å²) in [5.41, 5.74) is 0.981. The van der Waals surface area contributed by atoms with Crippen LogP contribution in [0.15, 0.2) is 23.1 Å². The molecule has 2 heterocycles. The number of nitrogens with zero attached hydrogens (tertiary/aromatic N) is 1. The lowest BCUT2D eigenvalue weighted by atomic mass is 10.1. The van der Waals surface area contributed by atoms with Gasteiger partial charge in [0.25, 0.3) is 0 Å². The average Bonchev–Trinajstić information content (AvgIpc) is 2.86. The highest BCUT2D eigenvalue weighted by molar-refractivity contribution is 7.14. The van der Waals surface area contributed by atoms with E-state index in [1.54, 1.807) is 6.20 Å². The molecule has 3 nitrogen and oxygen atoms in total. The Morgan fingerprint density at radius 1 is 1.53 bits per heavy atom. The Kier molecular flexibility index (Phi) is 2.68. The van der Waals surface area contributed by atoms with Crippen LogP contribution in [-0.4, -0.2) is 11.3 Å². The van der Waals surface area contributed by atoms with E-state index in [9.17, 15) is 4.79 Å². The smallest absolute Gasteiger partial charge is 0.181 e. The summed E-state index contributed by atoms with van der Waals surface area (Å²) in [6.45, 7) is 4.20. The third kappa shape index (κ3) is 1.85. The molecule has 0 amide bonds. The van der Waals surface area contributed by atoms with Gasteiger partial charge in [-0.2, -0.15) is 0 Å². The zero-order valence-electron chi connectivity index (χ0n) is 8.56. The molecule has 2 rings (SSSR count). The van der Waals surface area contributed by atoms with E-state index in [1.165, 1.54) is 17.7 Å². The maximum absolute atomic E-state index is 10.7. The van der Waals surface area contributed by atoms with Gasteiger partial charge in [-0.3, -0.25) is 4.79 Å². The number of aldehydes is 1. The molecule has 0 saturated heterocycles. The van der Waals surface area contributed by atoms with Gasteiger partial charge < -0.3 is 4.42 Å². The van der Waals surface area contributed by atoms with Crippen LogP contribution in [0.5, 0.6) is 0 Å². The molecule has 0 aliphatic heterocycles. The summed E-state index contributed by atoms with van der Waals surface area (Å²) in [6.07, 6.45) is 3.94. The summed E-state index contributed by atoms with van der Waals surface area (Å²) in [6, 6.07) is 1.85. The Bertz CT molecular complexity index is 457. The van der Waals surface area contributed by atoms with Gasteiger partial charge in [0.1, 0.15) is 0 Å². The second-order valence-electron chi connectivity index (χ2n) is 3.56. The molecule has 0 fully saturated rings. The molecule has 0 bridgehead atoms. The molecule has 2 aromatic rings. The predicted molar refractivity (Wildman–Crippen MR) is 59.3 cm³/mol. The molecule has 0 unspecified atom stereocenters. The van der Waals surface area contributed by atoms with Crippen LogP contribution < -0.4 is 0 Å². The molecule has 78 valence electrons. The topological polar surface area (TPSA) is 43.1 Å². The van der Waals surface area contributed by atoms with Gasteiger partial charge in [0.05, 0.1) is 11.1 Å². The fourth-order valence-corrected chi connectivity index (χ4v) is 2.44. The van der Waals surface area contributed by atoms with Crippen LogP contribution >= 0.6 is 11.3 Å². The predicted octanol–water partition coefficient (Wildman–Crippen LogP) is 3.34. The largest absolute Gasteiger partial charge is 0.443 e. The van der Waals surface area contributed by atoms with Gasteiger partial charge in [0, 0.05) is 10.4 Å². The van der Waals surface area contributed by atoms with Crippen LogP contribution in [0.4, 0.5) is 0 Å². The SMILES string of the molecule is CC(C)c1sc(C=O)cc1-c1cnco1. The van der Waals surface area contributed by atoms with Crippen molar-refractivity contribution in [3.63, 3.8) is 0 Å². The zero-order chi connectivity index (χ0) is 10.8. The monoisotopic (exact) mass is 221 g/mol. The lowest BCUT2D eigenvalue weighted by molar-refractivity contribution is 0.112.